The molecule has 0 radical (unpaired) electrons. The average Bonchev–Trinajstić information content (AvgIpc) is 0.961. The first kappa shape index (κ1) is 72.3. The van der Waals surface area contributed by atoms with E-state index in [2.05, 4.69) is 32.3 Å². The van der Waals surface area contributed by atoms with Gasteiger partial charge in [-0.3, -0.25) is 33.6 Å². The van der Waals surface area contributed by atoms with Crippen LogP contribution in [0.2, 0.25) is 0 Å². The summed E-state index contributed by atoms with van der Waals surface area (Å²) in [7, 11) is 3.04. The Morgan fingerprint density at radius 3 is 0.978 bits per heavy atom. The first-order valence-electron chi connectivity index (χ1n) is 26.7. The predicted octanol–water partition coefficient (Wildman–Crippen LogP) is -6.90. The summed E-state index contributed by atoms with van der Waals surface area (Å²) in [6, 6.07) is 18.3. The Morgan fingerprint density at radius 1 is 0.422 bits per heavy atom. The molecule has 35 nitrogen and oxygen atoms in total. The third kappa shape index (κ3) is 17.3. The molecule has 3 aliphatic rings. The predicted molar refractivity (Wildman–Crippen MR) is 312 cm³/mol. The highest BCUT2D eigenvalue weighted by atomic mass is 16.7. The summed E-state index contributed by atoms with van der Waals surface area (Å²) in [4.78, 5) is 88.6. The van der Waals surface area contributed by atoms with Crippen molar-refractivity contribution in [3.63, 3.8) is 0 Å². The van der Waals surface area contributed by atoms with Crippen molar-refractivity contribution < 1.29 is 115 Å². The van der Waals surface area contributed by atoms with Crippen molar-refractivity contribution in [2.24, 2.45) is 5.73 Å². The highest BCUT2D eigenvalue weighted by Crippen LogP contribution is 2.30. The number of carboxylic acid groups (broad SMARTS) is 2. The second-order valence-corrected chi connectivity index (χ2v) is 19.4. The van der Waals surface area contributed by atoms with E-state index in [1.165, 1.54) is 55.6 Å². The van der Waals surface area contributed by atoms with Crippen LogP contribution in [-0.4, -0.2) is 228 Å². The Hall–Kier alpha value is -8.44. The number of aliphatic hydroxyl groups excluding tert-OH is 13. The standard InChI is InChI=1S/C18H20N2O10.C17H20N2O8.C17H19NO8.C2H4O3.CH5N/c21-6-9-13(24)16(27)17(28)18(30-9)29-8-3-1-7(2-4-8)20-12-11(14(25)15(12)26)19-5-10(22)23;1-18-10-11(14(23)13(10)22)19-7-2-4-8(5-3-7)26-17-16(25)15(24)12(21)9(6-20)27-17;1-7-11(14(22)12(7)20)18-8-2-4-9(5-3-8)25-17-16(24)15(23)13(21)10(6-19)26-17;3-1-2(4)5;1-2/h1-4,9,13,16-21,24,27-28H,5-6H2,(H,22,23);2-5,9,12,15-21,24-25H,6H2,1H3;2-5,10,13,15-19,21,23-24H,6H2,1H3;3H,1H2,(H,4,5);2H2,1H3/t9?,13?,16-,17+,18?;9?,12?,15-,16+,17?;10?,13?,15-,16+,17?;;/m000../s1. The lowest BCUT2D eigenvalue weighted by Gasteiger charge is -2.39. The summed E-state index contributed by atoms with van der Waals surface area (Å²) < 4.78 is 32.2. The van der Waals surface area contributed by atoms with Crippen LogP contribution in [0.3, 0.4) is 0 Å². The van der Waals surface area contributed by atoms with Gasteiger partial charge in [-0.25, -0.2) is 4.79 Å². The van der Waals surface area contributed by atoms with Gasteiger partial charge in [0.25, 0.3) is 21.7 Å². The van der Waals surface area contributed by atoms with Crippen LogP contribution in [0.15, 0.2) is 102 Å². The van der Waals surface area contributed by atoms with Crippen LogP contribution in [-0.2, 0) is 23.8 Å². The lowest BCUT2D eigenvalue weighted by Crippen LogP contribution is -2.60. The van der Waals surface area contributed by atoms with E-state index >= 15 is 0 Å². The maximum absolute atomic E-state index is 11.7. The Labute approximate surface area is 506 Å². The maximum atomic E-state index is 11.7. The quantitative estimate of drug-likeness (QED) is 0.0316. The minimum atomic E-state index is -1.58. The number of aliphatic hydroxyl groups is 13. The number of anilines is 8. The number of hydrogen-bond acceptors (Lipinski definition) is 33. The van der Waals surface area contributed by atoms with Crippen LogP contribution < -0.4 is 79.1 Å². The van der Waals surface area contributed by atoms with Crippen molar-refractivity contribution >= 4 is 57.4 Å². The van der Waals surface area contributed by atoms with Gasteiger partial charge in [0.2, 0.25) is 29.7 Å². The molecule has 15 atom stereocenters. The van der Waals surface area contributed by atoms with E-state index in [1.807, 2.05) is 0 Å². The molecule has 0 aliphatic carbocycles. The van der Waals surface area contributed by atoms with Gasteiger partial charge in [0.1, 0.15) is 126 Å². The molecule has 3 saturated heterocycles. The van der Waals surface area contributed by atoms with Crippen LogP contribution in [0, 0.1) is 6.92 Å². The van der Waals surface area contributed by atoms with Crippen LogP contribution in [0.1, 0.15) is 5.56 Å². The number of aliphatic carboxylic acids is 2. The highest BCUT2D eigenvalue weighted by Gasteiger charge is 2.47. The zero-order valence-electron chi connectivity index (χ0n) is 47.6. The van der Waals surface area contributed by atoms with Crippen LogP contribution in [0.25, 0.3) is 0 Å². The molecule has 492 valence electrons. The Bertz CT molecular complexity index is 3510. The van der Waals surface area contributed by atoms with Crippen molar-refractivity contribution in [1.82, 2.24) is 0 Å². The Morgan fingerprint density at radius 2 is 0.700 bits per heavy atom. The molecule has 0 bridgehead atoms. The third-order valence-corrected chi connectivity index (χ3v) is 13.4. The van der Waals surface area contributed by atoms with E-state index in [9.17, 15) is 89.7 Å². The molecule has 6 aromatic carbocycles. The number of rotatable bonds is 20. The third-order valence-electron chi connectivity index (χ3n) is 13.4. The fourth-order valence-electron chi connectivity index (χ4n) is 8.43. The van der Waals surface area contributed by atoms with Gasteiger partial charge in [0, 0.05) is 29.7 Å². The molecule has 35 heteroatoms. The average molecular weight is 1280 g/mol. The molecule has 22 N–H and O–H groups in total. The van der Waals surface area contributed by atoms with E-state index in [0.717, 1.165) is 0 Å². The van der Waals surface area contributed by atoms with E-state index in [4.69, 9.17) is 53.6 Å². The Kier molecular flexibility index (Phi) is 26.4. The van der Waals surface area contributed by atoms with Gasteiger partial charge in [-0.1, -0.05) is 0 Å². The monoisotopic (exact) mass is 1280 g/mol. The number of carbonyl (C=O) groups is 2. The first-order chi connectivity index (χ1) is 42.7. The van der Waals surface area contributed by atoms with Crippen molar-refractivity contribution in [2.75, 3.05) is 73.7 Å². The lowest BCUT2D eigenvalue weighted by molar-refractivity contribution is -0.277. The topological polar surface area (TPSA) is 582 Å². The second kappa shape index (κ2) is 32.9. The summed E-state index contributed by atoms with van der Waals surface area (Å²) in [6.07, 6.45) is -20.8. The zero-order valence-corrected chi connectivity index (χ0v) is 47.6. The van der Waals surface area contributed by atoms with Gasteiger partial charge in [-0.2, -0.15) is 0 Å². The fourth-order valence-corrected chi connectivity index (χ4v) is 8.43. The number of hydrogen-bond donors (Lipinski definition) is 21. The van der Waals surface area contributed by atoms with Gasteiger partial charge in [-0.15, -0.1) is 0 Å². The number of nitrogens with two attached hydrogens (primary N) is 1. The molecule has 9 rings (SSSR count). The molecular formula is C55H68N6O29. The van der Waals surface area contributed by atoms with E-state index in [-0.39, 0.29) is 39.9 Å². The maximum Gasteiger partial charge on any atom is 0.329 e. The lowest BCUT2D eigenvalue weighted by atomic mass is 9.99. The SMILES string of the molecule is CN.CNc1c(Nc2ccc(OC3OC(CO)C(O)[C@H](O)[C@H]3O)cc2)c(=O)c1=O.Cc1c(Nc2ccc(OC3OC(CO)C(O)[C@H](O)[C@H]3O)cc2)c(=O)c1=O.O=C(O)CNc1c(Nc2ccc(OC3OC(CO)C(O)[C@H](O)[C@H]3O)cc2)c(=O)c1=O.O=C(O)CO. The minimum absolute atomic E-state index is 0.0659. The molecule has 0 saturated carbocycles. The normalized spacial score (nSPS) is 26.0. The number of ether oxygens (including phenoxy) is 6. The molecule has 0 aromatic heterocycles. The molecule has 0 amide bonds. The molecule has 3 aliphatic heterocycles. The summed E-state index contributed by atoms with van der Waals surface area (Å²) in [5, 5.41) is 153. The number of benzene rings is 3. The summed E-state index contributed by atoms with van der Waals surface area (Å²) in [5.41, 5.74) is 2.92. The van der Waals surface area contributed by atoms with Gasteiger partial charge < -0.3 is 137 Å². The molecule has 0 spiro atoms. The van der Waals surface area contributed by atoms with E-state index in [0.29, 0.717) is 28.4 Å². The smallest absolute Gasteiger partial charge is 0.329 e. The number of nitrogens with one attached hydrogen (secondary N) is 5. The van der Waals surface area contributed by atoms with Gasteiger partial charge in [-0.05, 0) is 86.8 Å². The number of carboxylic acids is 2. The summed E-state index contributed by atoms with van der Waals surface area (Å²) in [6.45, 7) is -1.43. The zero-order chi connectivity index (χ0) is 67.0. The van der Waals surface area contributed by atoms with Crippen molar-refractivity contribution in [3.05, 3.63) is 140 Å². The largest absolute Gasteiger partial charge is 0.480 e. The van der Waals surface area contributed by atoms with Crippen molar-refractivity contribution in [3.8, 4) is 17.2 Å². The summed E-state index contributed by atoms with van der Waals surface area (Å²) >= 11 is 0. The molecular weight excluding hydrogens is 1210 g/mol. The van der Waals surface area contributed by atoms with Crippen LogP contribution in [0.5, 0.6) is 17.2 Å². The molecule has 3 heterocycles. The second-order valence-electron chi connectivity index (χ2n) is 19.4. The van der Waals surface area contributed by atoms with Gasteiger partial charge in [0.15, 0.2) is 0 Å². The Balaban J connectivity index is 0.000000233. The first-order valence-corrected chi connectivity index (χ1v) is 26.7. The molecule has 3 fully saturated rings. The highest BCUT2D eigenvalue weighted by molar-refractivity contribution is 5.82. The van der Waals surface area contributed by atoms with Crippen LogP contribution >= 0.6 is 0 Å². The molecule has 9 unspecified atom stereocenters. The minimum Gasteiger partial charge on any atom is -0.480 e. The molecule has 6 aromatic rings. The van der Waals surface area contributed by atoms with Gasteiger partial charge >= 0.3 is 11.9 Å². The van der Waals surface area contributed by atoms with E-state index < -0.39 is 170 Å². The summed E-state index contributed by atoms with van der Waals surface area (Å²) in [5.74, 6) is -1.60. The van der Waals surface area contributed by atoms with Crippen molar-refractivity contribution in [1.29, 1.82) is 0 Å². The molecule has 90 heavy (non-hydrogen) atoms. The van der Waals surface area contributed by atoms with E-state index in [1.54, 1.807) is 38.2 Å². The fraction of sp³-hybridized carbons (Fsp3) is 0.418. The van der Waals surface area contributed by atoms with Crippen molar-refractivity contribution in [2.45, 2.75) is 99.0 Å². The van der Waals surface area contributed by atoms with Crippen LogP contribution in [0.4, 0.5) is 45.5 Å². The van der Waals surface area contributed by atoms with Gasteiger partial charge in [0.05, 0.1) is 25.5 Å².